The predicted molar refractivity (Wildman–Crippen MR) is 78.5 cm³/mol. The summed E-state index contributed by atoms with van der Waals surface area (Å²) in [4.78, 5) is 9.22. The largest absolute Gasteiger partial charge is 0.396 e. The summed E-state index contributed by atoms with van der Waals surface area (Å²) in [7, 11) is 0. The normalized spacial score (nSPS) is 17.1. The molecule has 0 bridgehead atoms. The third-order valence-electron chi connectivity index (χ3n) is 3.64. The molecule has 0 atom stereocenters. The lowest BCUT2D eigenvalue weighted by atomic mass is 10.1. The van der Waals surface area contributed by atoms with Gasteiger partial charge in [0, 0.05) is 25.3 Å². The van der Waals surface area contributed by atoms with E-state index in [1.807, 2.05) is 30.1 Å². The Kier molecular flexibility index (Phi) is 4.03. The highest BCUT2D eigenvalue weighted by Crippen LogP contribution is 2.31. The Balaban J connectivity index is 2.01. The van der Waals surface area contributed by atoms with Crippen LogP contribution in [-0.4, -0.2) is 37.8 Å². The first-order valence-electron chi connectivity index (χ1n) is 6.90. The van der Waals surface area contributed by atoms with Crippen LogP contribution in [0.2, 0.25) is 0 Å². The van der Waals surface area contributed by atoms with E-state index in [4.69, 9.17) is 10.1 Å². The van der Waals surface area contributed by atoms with Crippen LogP contribution >= 0.6 is 11.8 Å². The number of thioether (sulfide) groups is 1. The van der Waals surface area contributed by atoms with E-state index in [1.165, 1.54) is 24.3 Å². The summed E-state index contributed by atoms with van der Waals surface area (Å²) in [6, 6.07) is 4.49. The molecule has 3 heterocycles. The maximum atomic E-state index is 9.05. The lowest BCUT2D eigenvalue weighted by Crippen LogP contribution is -2.18. The van der Waals surface area contributed by atoms with Crippen LogP contribution in [0.4, 0.5) is 0 Å². The van der Waals surface area contributed by atoms with Crippen LogP contribution in [0.15, 0.2) is 18.3 Å². The highest BCUT2D eigenvalue weighted by atomic mass is 32.2. The van der Waals surface area contributed by atoms with Gasteiger partial charge in [-0.25, -0.2) is 9.97 Å². The third kappa shape index (κ3) is 2.62. The van der Waals surface area contributed by atoms with Gasteiger partial charge in [-0.05, 0) is 42.9 Å². The fourth-order valence-corrected chi connectivity index (χ4v) is 3.80. The number of hydrogen-bond donors (Lipinski definition) is 1. The molecule has 1 fully saturated rings. The number of fused-ring (bicyclic) bond motifs is 1. The zero-order chi connectivity index (χ0) is 13.1. The number of hydrogen-bond acceptors (Lipinski definition) is 4. The molecule has 2 aromatic rings. The molecule has 4 nitrogen and oxygen atoms in total. The Labute approximate surface area is 117 Å². The van der Waals surface area contributed by atoms with Gasteiger partial charge in [0.1, 0.15) is 11.3 Å². The van der Waals surface area contributed by atoms with Gasteiger partial charge >= 0.3 is 0 Å². The quantitative estimate of drug-likeness (QED) is 0.932. The summed E-state index contributed by atoms with van der Waals surface area (Å²) in [6.07, 6.45) is 5.83. The summed E-state index contributed by atoms with van der Waals surface area (Å²) in [5.74, 6) is 3.52. The average molecular weight is 277 g/mol. The second-order valence-electron chi connectivity index (χ2n) is 4.91. The van der Waals surface area contributed by atoms with Crippen LogP contribution in [0.25, 0.3) is 11.2 Å². The highest BCUT2D eigenvalue weighted by Gasteiger charge is 2.21. The molecule has 0 aliphatic carbocycles. The molecule has 1 aliphatic rings. The van der Waals surface area contributed by atoms with Crippen molar-refractivity contribution in [1.82, 2.24) is 14.5 Å². The van der Waals surface area contributed by atoms with Crippen molar-refractivity contribution < 1.29 is 5.11 Å². The Morgan fingerprint density at radius 3 is 3.00 bits per heavy atom. The lowest BCUT2D eigenvalue weighted by molar-refractivity contribution is 0.286. The fraction of sp³-hybridized carbons (Fsp3) is 0.571. The monoisotopic (exact) mass is 277 g/mol. The minimum Gasteiger partial charge on any atom is -0.396 e. The Bertz CT molecular complexity index is 549. The van der Waals surface area contributed by atoms with E-state index in [9.17, 15) is 0 Å². The van der Waals surface area contributed by atoms with Gasteiger partial charge in [-0.2, -0.15) is 11.8 Å². The molecule has 3 rings (SSSR count). The predicted octanol–water partition coefficient (Wildman–Crippen LogP) is 2.42. The topological polar surface area (TPSA) is 50.9 Å². The molecule has 1 aliphatic heterocycles. The molecular weight excluding hydrogens is 258 g/mol. The highest BCUT2D eigenvalue weighted by molar-refractivity contribution is 7.99. The molecule has 1 saturated heterocycles. The third-order valence-corrected chi connectivity index (χ3v) is 4.69. The van der Waals surface area contributed by atoms with Crippen molar-refractivity contribution in [2.75, 3.05) is 18.1 Å². The van der Waals surface area contributed by atoms with Crippen molar-refractivity contribution in [3.05, 3.63) is 24.2 Å². The van der Waals surface area contributed by atoms with Gasteiger partial charge in [0.05, 0.1) is 0 Å². The molecule has 2 aromatic heterocycles. The molecule has 19 heavy (non-hydrogen) atoms. The molecule has 0 unspecified atom stereocenters. The summed E-state index contributed by atoms with van der Waals surface area (Å²) in [5.41, 5.74) is 1.99. The molecule has 1 N–H and O–H groups in total. The van der Waals surface area contributed by atoms with Crippen LogP contribution < -0.4 is 0 Å². The molecule has 5 heteroatoms. The number of aromatic nitrogens is 3. The average Bonchev–Trinajstić information content (AvgIpc) is 2.84. The number of imidazole rings is 1. The van der Waals surface area contributed by atoms with Gasteiger partial charge in [-0.1, -0.05) is 0 Å². The first-order valence-corrected chi connectivity index (χ1v) is 8.06. The number of aryl methyl sites for hydroxylation is 1. The zero-order valence-electron chi connectivity index (χ0n) is 11.0. The second kappa shape index (κ2) is 5.92. The van der Waals surface area contributed by atoms with E-state index in [2.05, 4.69) is 9.55 Å². The maximum Gasteiger partial charge on any atom is 0.160 e. The van der Waals surface area contributed by atoms with Gasteiger partial charge in [-0.3, -0.25) is 0 Å². The van der Waals surface area contributed by atoms with E-state index >= 15 is 0 Å². The summed E-state index contributed by atoms with van der Waals surface area (Å²) in [5, 5.41) is 9.05. The lowest BCUT2D eigenvalue weighted by Gasteiger charge is -2.24. The van der Waals surface area contributed by atoms with Gasteiger partial charge in [0.25, 0.3) is 0 Å². The van der Waals surface area contributed by atoms with Crippen LogP contribution in [-0.2, 0) is 6.42 Å². The van der Waals surface area contributed by atoms with Crippen molar-refractivity contribution in [3.8, 4) is 0 Å². The fourth-order valence-electron chi connectivity index (χ4n) is 2.72. The van der Waals surface area contributed by atoms with Crippen molar-refractivity contribution >= 4 is 22.9 Å². The number of rotatable bonds is 4. The minimum absolute atomic E-state index is 0.219. The second-order valence-corrected chi connectivity index (χ2v) is 6.14. The Morgan fingerprint density at radius 2 is 2.21 bits per heavy atom. The molecule has 0 amide bonds. The van der Waals surface area contributed by atoms with Crippen molar-refractivity contribution in [3.63, 3.8) is 0 Å². The van der Waals surface area contributed by atoms with Gasteiger partial charge in [0.15, 0.2) is 5.65 Å². The van der Waals surface area contributed by atoms with Crippen LogP contribution in [0, 0.1) is 0 Å². The minimum atomic E-state index is 0.219. The van der Waals surface area contributed by atoms with Gasteiger partial charge in [0.2, 0.25) is 0 Å². The summed E-state index contributed by atoms with van der Waals surface area (Å²) >= 11 is 2.03. The number of nitrogens with zero attached hydrogens (tertiary/aromatic N) is 3. The Hall–Kier alpha value is -1.07. The molecule has 0 aromatic carbocycles. The smallest absolute Gasteiger partial charge is 0.160 e. The number of pyridine rings is 1. The zero-order valence-corrected chi connectivity index (χ0v) is 11.8. The van der Waals surface area contributed by atoms with E-state index in [0.717, 1.165) is 29.8 Å². The SMILES string of the molecule is OCCCc1nc2cccnc2n1C1CCSCC1. The van der Waals surface area contributed by atoms with Crippen LogP contribution in [0.5, 0.6) is 0 Å². The molecule has 0 saturated carbocycles. The molecule has 0 radical (unpaired) electrons. The standard InChI is InChI=1S/C14H19N3OS/c18-8-2-4-13-16-12-3-1-7-15-14(12)17(13)11-5-9-19-10-6-11/h1,3,7,11,18H,2,4-6,8-10H2. The number of aliphatic hydroxyl groups is 1. The number of aliphatic hydroxyl groups excluding tert-OH is 1. The maximum absolute atomic E-state index is 9.05. The van der Waals surface area contributed by atoms with E-state index in [1.54, 1.807) is 0 Å². The summed E-state index contributed by atoms with van der Waals surface area (Å²) in [6.45, 7) is 0.219. The van der Waals surface area contributed by atoms with Crippen LogP contribution in [0.1, 0.15) is 31.1 Å². The van der Waals surface area contributed by atoms with E-state index < -0.39 is 0 Å². The molecular formula is C14H19N3OS. The molecule has 0 spiro atoms. The first-order chi connectivity index (χ1) is 9.40. The Morgan fingerprint density at radius 1 is 1.37 bits per heavy atom. The van der Waals surface area contributed by atoms with Crippen molar-refractivity contribution in [2.45, 2.75) is 31.7 Å². The van der Waals surface area contributed by atoms with Crippen LogP contribution in [0.3, 0.4) is 0 Å². The van der Waals surface area contributed by atoms with Gasteiger partial charge in [-0.15, -0.1) is 0 Å². The van der Waals surface area contributed by atoms with Crippen molar-refractivity contribution in [2.24, 2.45) is 0 Å². The van der Waals surface area contributed by atoms with E-state index in [0.29, 0.717) is 6.04 Å². The van der Waals surface area contributed by atoms with Crippen molar-refractivity contribution in [1.29, 1.82) is 0 Å². The summed E-state index contributed by atoms with van der Waals surface area (Å²) < 4.78 is 2.32. The molecule has 102 valence electrons. The first kappa shape index (κ1) is 12.9. The van der Waals surface area contributed by atoms with E-state index in [-0.39, 0.29) is 6.61 Å². The van der Waals surface area contributed by atoms with Gasteiger partial charge < -0.3 is 9.67 Å².